The fourth-order valence-corrected chi connectivity index (χ4v) is 7.78. The van der Waals surface area contributed by atoms with Crippen molar-refractivity contribution in [3.63, 3.8) is 0 Å². The van der Waals surface area contributed by atoms with Crippen LogP contribution in [0.2, 0.25) is 0 Å². The Morgan fingerprint density at radius 3 is 0.908 bits per heavy atom. The number of amides is 3. The smallest absolute Gasteiger partial charge is 0.225 e. The minimum atomic E-state index is 0.0323. The summed E-state index contributed by atoms with van der Waals surface area (Å²) >= 11 is 0. The number of ketones is 4. The number of hydrogen-bond donors (Lipinski definition) is 0. The van der Waals surface area contributed by atoms with Crippen molar-refractivity contribution in [1.82, 2.24) is 24.7 Å². The van der Waals surface area contributed by atoms with Crippen LogP contribution in [0.4, 0.5) is 0 Å². The van der Waals surface area contributed by atoms with Crippen LogP contribution in [0.3, 0.4) is 0 Å². The average Bonchev–Trinajstić information content (AvgIpc) is 3.99. The maximum absolute atomic E-state index is 11.4. The largest absolute Gasteiger partial charge is 0.342 e. The molecule has 418 valence electrons. The molecule has 0 unspecified atom stereocenters. The first-order valence-electron chi connectivity index (χ1n) is 28.0. The maximum Gasteiger partial charge on any atom is 0.225 e. The van der Waals surface area contributed by atoms with E-state index in [1.165, 1.54) is 51.4 Å². The Hall–Kier alpha value is -6.17. The molecule has 0 atom stereocenters. The molecule has 76 heavy (non-hydrogen) atoms. The van der Waals surface area contributed by atoms with E-state index in [1.54, 1.807) is 42.9 Å². The van der Waals surface area contributed by atoms with E-state index in [0.717, 1.165) is 50.4 Å². The number of piperidine rings is 2. The fraction of sp³-hybridized carbons (Fsp3) is 0.547. The van der Waals surface area contributed by atoms with Crippen molar-refractivity contribution in [2.75, 3.05) is 39.3 Å². The molecule has 4 aromatic rings. The highest BCUT2D eigenvalue weighted by atomic mass is 16.2. The van der Waals surface area contributed by atoms with Gasteiger partial charge in [-0.3, -0.25) is 43.5 Å². The molecule has 12 heteroatoms. The van der Waals surface area contributed by atoms with Crippen LogP contribution >= 0.6 is 0 Å². The lowest BCUT2D eigenvalue weighted by Gasteiger charge is -2.28. The Morgan fingerprint density at radius 1 is 0.329 bits per heavy atom. The molecule has 3 aliphatic heterocycles. The van der Waals surface area contributed by atoms with Crippen LogP contribution in [-0.4, -0.2) is 105 Å². The summed E-state index contributed by atoms with van der Waals surface area (Å²) in [5.74, 6) is 2.45. The van der Waals surface area contributed by atoms with Crippen LogP contribution in [-0.2, 0) is 14.4 Å². The minimum absolute atomic E-state index is 0.0323. The molecule has 3 aliphatic rings. The van der Waals surface area contributed by atoms with Gasteiger partial charge >= 0.3 is 0 Å². The molecule has 3 fully saturated rings. The van der Waals surface area contributed by atoms with Gasteiger partial charge in [0.25, 0.3) is 0 Å². The number of carbonyl (C=O) groups excluding carboxylic acids is 7. The summed E-state index contributed by atoms with van der Waals surface area (Å²) in [6.07, 6.45) is 14.6. The lowest BCUT2D eigenvalue weighted by Crippen LogP contribution is -2.38. The van der Waals surface area contributed by atoms with Crippen molar-refractivity contribution in [3.8, 4) is 0 Å². The van der Waals surface area contributed by atoms with Gasteiger partial charge < -0.3 is 14.7 Å². The molecule has 3 amide bonds. The third-order valence-electron chi connectivity index (χ3n) is 12.3. The van der Waals surface area contributed by atoms with Crippen LogP contribution in [0.25, 0.3) is 0 Å². The quantitative estimate of drug-likeness (QED) is 0.133. The molecule has 0 N–H and O–H groups in total. The molecule has 12 nitrogen and oxygen atoms in total. The molecule has 0 aliphatic carbocycles. The standard InChI is InChI=1S/2C10H12O.C9H11NO.2C9H17NO.C9H11NO.C8H15NO/c2*1-8(2)10(11)9-6-4-3-5-7-9;1-7(2)9(11)8-4-3-5-10-6-8;2*1-8(2)9(11)10-6-4-3-5-7-10;1-7(2)9(11)8-5-3-4-6-10-8;1-7(2)8(10)9-5-3-4-6-9/h2*3-8H,1-2H3;3-7H,1-2H3;2*8H,3-7H2,1-2H3;3-7H,1-2H3;7H,3-6H2,1-2H3. The highest BCUT2D eigenvalue weighted by molar-refractivity contribution is 5.98. The first kappa shape index (κ1) is 67.8. The lowest BCUT2D eigenvalue weighted by atomic mass is 10.0. The Morgan fingerprint density at radius 2 is 0.632 bits per heavy atom. The summed E-state index contributed by atoms with van der Waals surface area (Å²) in [7, 11) is 0. The highest BCUT2D eigenvalue weighted by Gasteiger charge is 2.21. The Kier molecular flexibility index (Phi) is 34.3. The van der Waals surface area contributed by atoms with Crippen LogP contribution < -0.4 is 0 Å². The van der Waals surface area contributed by atoms with Crippen molar-refractivity contribution in [2.45, 2.75) is 148 Å². The van der Waals surface area contributed by atoms with Crippen LogP contribution in [0.5, 0.6) is 0 Å². The third-order valence-corrected chi connectivity index (χ3v) is 12.3. The predicted molar refractivity (Wildman–Crippen MR) is 309 cm³/mol. The van der Waals surface area contributed by atoms with Crippen molar-refractivity contribution >= 4 is 40.9 Å². The van der Waals surface area contributed by atoms with Gasteiger partial charge in [-0.25, -0.2) is 0 Å². The fourth-order valence-electron chi connectivity index (χ4n) is 7.78. The lowest BCUT2D eigenvalue weighted by molar-refractivity contribution is -0.136. The van der Waals surface area contributed by atoms with E-state index in [9.17, 15) is 33.6 Å². The highest BCUT2D eigenvalue weighted by Crippen LogP contribution is 2.14. The first-order chi connectivity index (χ1) is 36.0. The molecular weight excluding hydrogens is 951 g/mol. The van der Waals surface area contributed by atoms with Crippen molar-refractivity contribution in [2.24, 2.45) is 41.4 Å². The van der Waals surface area contributed by atoms with E-state index in [2.05, 4.69) is 9.97 Å². The van der Waals surface area contributed by atoms with E-state index in [1.807, 2.05) is 178 Å². The number of nitrogens with zero attached hydrogens (tertiary/aromatic N) is 5. The summed E-state index contributed by atoms with van der Waals surface area (Å²) in [6, 6.07) is 27.7. The van der Waals surface area contributed by atoms with E-state index in [0.29, 0.717) is 29.0 Å². The average molecular weight is 1050 g/mol. The Balaban J connectivity index is 0.000000443. The van der Waals surface area contributed by atoms with E-state index >= 15 is 0 Å². The Bertz CT molecular complexity index is 1990. The summed E-state index contributed by atoms with van der Waals surface area (Å²) in [5.41, 5.74) is 2.87. The summed E-state index contributed by atoms with van der Waals surface area (Å²) in [4.78, 5) is 93.2. The Labute approximate surface area is 458 Å². The molecule has 3 saturated heterocycles. The van der Waals surface area contributed by atoms with Crippen LogP contribution in [0.1, 0.15) is 190 Å². The monoisotopic (exact) mass is 1050 g/mol. The summed E-state index contributed by atoms with van der Waals surface area (Å²) in [6.45, 7) is 32.9. The molecule has 2 aromatic heterocycles. The van der Waals surface area contributed by atoms with Gasteiger partial charge in [-0.15, -0.1) is 0 Å². The topological polar surface area (TPSA) is 155 Å². The SMILES string of the molecule is CC(C)C(=O)N1CCCC1.CC(C)C(=O)N1CCCCC1.CC(C)C(=O)N1CCCCC1.CC(C)C(=O)c1ccccc1.CC(C)C(=O)c1ccccc1.CC(C)C(=O)c1ccccn1.CC(C)C(=O)c1cccnc1. The number of benzene rings is 2. The zero-order valence-corrected chi connectivity index (χ0v) is 48.9. The molecule has 7 rings (SSSR count). The van der Waals surface area contributed by atoms with Gasteiger partial charge in [0.1, 0.15) is 5.69 Å². The zero-order chi connectivity index (χ0) is 57.2. The number of carbonyl (C=O) groups is 7. The van der Waals surface area contributed by atoms with Crippen molar-refractivity contribution < 1.29 is 33.6 Å². The van der Waals surface area contributed by atoms with Gasteiger partial charge in [0.15, 0.2) is 23.1 Å². The number of rotatable bonds is 11. The molecule has 0 saturated carbocycles. The normalized spacial score (nSPS) is 13.8. The maximum atomic E-state index is 11.4. The number of Topliss-reactive ketones (excluding diaryl/α,β-unsaturated/α-hetero) is 4. The van der Waals surface area contributed by atoms with Gasteiger partial charge in [0.2, 0.25) is 17.7 Å². The van der Waals surface area contributed by atoms with Gasteiger partial charge in [0.05, 0.1) is 0 Å². The molecule has 0 radical (unpaired) electrons. The molecule has 0 spiro atoms. The van der Waals surface area contributed by atoms with Crippen molar-refractivity contribution in [3.05, 3.63) is 132 Å². The molecule has 0 bridgehead atoms. The van der Waals surface area contributed by atoms with Crippen molar-refractivity contribution in [1.29, 1.82) is 0 Å². The molecular formula is C64H95N5O7. The molecule has 2 aromatic carbocycles. The van der Waals surface area contributed by atoms with Crippen LogP contribution in [0.15, 0.2) is 110 Å². The van der Waals surface area contributed by atoms with Gasteiger partial charge in [-0.1, -0.05) is 164 Å². The summed E-state index contributed by atoms with van der Waals surface area (Å²) in [5, 5.41) is 0. The number of pyridine rings is 2. The number of hydrogen-bond acceptors (Lipinski definition) is 9. The summed E-state index contributed by atoms with van der Waals surface area (Å²) < 4.78 is 0. The number of likely N-dealkylation sites (tertiary alicyclic amines) is 3. The second kappa shape index (κ2) is 38.4. The van der Waals surface area contributed by atoms with Gasteiger partial charge in [-0.2, -0.15) is 0 Å². The minimum Gasteiger partial charge on any atom is -0.342 e. The first-order valence-corrected chi connectivity index (χ1v) is 28.0. The zero-order valence-electron chi connectivity index (χ0n) is 48.9. The molecule has 5 heterocycles. The van der Waals surface area contributed by atoms with Gasteiger partial charge in [0, 0.05) is 116 Å². The second-order valence-electron chi connectivity index (χ2n) is 21.5. The predicted octanol–water partition coefficient (Wildman–Crippen LogP) is 13.5. The van der Waals surface area contributed by atoms with E-state index in [-0.39, 0.29) is 64.6 Å². The van der Waals surface area contributed by atoms with E-state index < -0.39 is 0 Å². The van der Waals surface area contributed by atoms with E-state index in [4.69, 9.17) is 0 Å². The van der Waals surface area contributed by atoms with Gasteiger partial charge in [-0.05, 0) is 75.6 Å². The van der Waals surface area contributed by atoms with Crippen LogP contribution in [0, 0.1) is 41.4 Å². The third kappa shape index (κ3) is 27.6. The second-order valence-corrected chi connectivity index (χ2v) is 21.5. The number of aromatic nitrogens is 2.